The number of imidazole rings is 1. The first-order valence-corrected chi connectivity index (χ1v) is 11.9. The molecule has 4 aromatic rings. The van der Waals surface area contributed by atoms with Crippen LogP contribution in [0, 0.1) is 0 Å². The number of nitrogens with one attached hydrogen (secondary N) is 1. The molecule has 0 atom stereocenters. The first-order valence-electron chi connectivity index (χ1n) is 10.8. The van der Waals surface area contributed by atoms with Gasteiger partial charge in [0.25, 0.3) is 5.91 Å². The van der Waals surface area contributed by atoms with E-state index in [0.717, 1.165) is 42.8 Å². The number of fused-ring (bicyclic) bond motifs is 1. The van der Waals surface area contributed by atoms with Crippen molar-refractivity contribution in [3.05, 3.63) is 81.4 Å². The van der Waals surface area contributed by atoms with Crippen molar-refractivity contribution in [2.45, 2.75) is 19.3 Å². The lowest BCUT2D eigenvalue weighted by atomic mass is 10.0. The van der Waals surface area contributed by atoms with Crippen LogP contribution in [0.15, 0.2) is 60.7 Å². The van der Waals surface area contributed by atoms with Crippen LogP contribution in [0.5, 0.6) is 0 Å². The SMILES string of the molecule is O=C(NN1CCCCC1)c1ccc(Cl)n2c(-c3ccc(Cl)cc3)c(-c3ccc(Cl)cc3)nc12. The van der Waals surface area contributed by atoms with Crippen LogP contribution < -0.4 is 5.43 Å². The summed E-state index contributed by atoms with van der Waals surface area (Å²) in [5.41, 5.74) is 7.22. The molecule has 168 valence electrons. The topological polar surface area (TPSA) is 49.6 Å². The van der Waals surface area contributed by atoms with Gasteiger partial charge in [0, 0.05) is 34.3 Å². The van der Waals surface area contributed by atoms with Crippen molar-refractivity contribution >= 4 is 46.4 Å². The maximum Gasteiger partial charge on any atom is 0.269 e. The molecule has 0 aliphatic carbocycles. The second-order valence-corrected chi connectivity index (χ2v) is 9.30. The first-order chi connectivity index (χ1) is 16.0. The number of amides is 1. The fraction of sp³-hybridized carbons (Fsp3) is 0.200. The third-order valence-corrected chi connectivity index (χ3v) is 6.61. The molecule has 0 bridgehead atoms. The van der Waals surface area contributed by atoms with Crippen molar-refractivity contribution < 1.29 is 4.79 Å². The van der Waals surface area contributed by atoms with Crippen molar-refractivity contribution in [3.8, 4) is 22.5 Å². The van der Waals surface area contributed by atoms with E-state index in [1.54, 1.807) is 12.1 Å². The molecule has 1 saturated heterocycles. The molecule has 0 spiro atoms. The molecule has 2 aromatic carbocycles. The summed E-state index contributed by atoms with van der Waals surface area (Å²) in [5.74, 6) is -0.200. The number of halogens is 3. The average molecular weight is 500 g/mol. The second-order valence-electron chi connectivity index (χ2n) is 8.04. The molecule has 1 fully saturated rings. The van der Waals surface area contributed by atoms with Crippen LogP contribution in [0.25, 0.3) is 28.2 Å². The summed E-state index contributed by atoms with van der Waals surface area (Å²) in [6, 6.07) is 18.4. The Labute approximate surface area is 206 Å². The molecule has 5 nitrogen and oxygen atoms in total. The van der Waals surface area contributed by atoms with Gasteiger partial charge in [-0.3, -0.25) is 14.6 Å². The standard InChI is InChI=1S/C25H21Cl3N4O/c26-18-8-4-16(5-9-18)22-23(17-6-10-19(27)11-7-17)32-21(28)13-12-20(24(32)29-22)25(33)30-31-14-2-1-3-15-31/h4-13H,1-3,14-15H2,(H,30,33). The number of carbonyl (C=O) groups excluding carboxylic acids is 1. The van der Waals surface area contributed by atoms with Gasteiger partial charge >= 0.3 is 0 Å². The van der Waals surface area contributed by atoms with E-state index in [0.29, 0.717) is 32.1 Å². The van der Waals surface area contributed by atoms with Gasteiger partial charge in [0.2, 0.25) is 0 Å². The average Bonchev–Trinajstić information content (AvgIpc) is 3.22. The van der Waals surface area contributed by atoms with Crippen LogP contribution >= 0.6 is 34.8 Å². The number of nitrogens with zero attached hydrogens (tertiary/aromatic N) is 3. The van der Waals surface area contributed by atoms with E-state index in [-0.39, 0.29) is 5.91 Å². The van der Waals surface area contributed by atoms with E-state index in [1.165, 1.54) is 6.42 Å². The number of hydrazine groups is 1. The quantitative estimate of drug-likeness (QED) is 0.316. The summed E-state index contributed by atoms with van der Waals surface area (Å²) in [6.45, 7) is 1.69. The number of rotatable bonds is 4. The van der Waals surface area contributed by atoms with Crippen LogP contribution in [0.4, 0.5) is 0 Å². The van der Waals surface area contributed by atoms with Crippen molar-refractivity contribution in [1.29, 1.82) is 0 Å². The van der Waals surface area contributed by atoms with Gasteiger partial charge in [-0.25, -0.2) is 9.99 Å². The summed E-state index contributed by atoms with van der Waals surface area (Å²) >= 11 is 18.9. The molecule has 33 heavy (non-hydrogen) atoms. The number of carbonyl (C=O) groups is 1. The first kappa shape index (κ1) is 22.2. The molecule has 0 saturated carbocycles. The van der Waals surface area contributed by atoms with E-state index in [9.17, 15) is 4.79 Å². The monoisotopic (exact) mass is 498 g/mol. The Morgan fingerprint density at radius 1 is 0.788 bits per heavy atom. The molecule has 3 heterocycles. The van der Waals surface area contributed by atoms with Crippen molar-refractivity contribution in [2.24, 2.45) is 0 Å². The third-order valence-electron chi connectivity index (χ3n) is 5.82. The zero-order valence-electron chi connectivity index (χ0n) is 17.7. The molecular weight excluding hydrogens is 479 g/mol. The molecule has 1 N–H and O–H groups in total. The van der Waals surface area contributed by atoms with E-state index in [1.807, 2.05) is 57.9 Å². The molecular formula is C25H21Cl3N4O. The van der Waals surface area contributed by atoms with Gasteiger partial charge in [-0.2, -0.15) is 0 Å². The molecule has 1 amide bonds. The fourth-order valence-corrected chi connectivity index (χ4v) is 4.66. The van der Waals surface area contributed by atoms with Gasteiger partial charge in [0.05, 0.1) is 17.0 Å². The Hall–Kier alpha value is -2.57. The highest BCUT2D eigenvalue weighted by Gasteiger charge is 2.23. The minimum absolute atomic E-state index is 0.200. The predicted molar refractivity (Wildman–Crippen MR) is 134 cm³/mol. The summed E-state index contributed by atoms with van der Waals surface area (Å²) < 4.78 is 1.82. The second kappa shape index (κ2) is 9.35. The lowest BCUT2D eigenvalue weighted by molar-refractivity contribution is 0.0751. The Bertz CT molecular complexity index is 1310. The summed E-state index contributed by atoms with van der Waals surface area (Å²) in [7, 11) is 0. The zero-order valence-corrected chi connectivity index (χ0v) is 20.0. The molecule has 1 aliphatic heterocycles. The summed E-state index contributed by atoms with van der Waals surface area (Å²) in [6.07, 6.45) is 3.33. The lowest BCUT2D eigenvalue weighted by Gasteiger charge is -2.26. The van der Waals surface area contributed by atoms with E-state index >= 15 is 0 Å². The van der Waals surface area contributed by atoms with Gasteiger partial charge in [0.15, 0.2) is 5.65 Å². The number of hydrogen-bond donors (Lipinski definition) is 1. The minimum Gasteiger partial charge on any atom is -0.285 e. The van der Waals surface area contributed by atoms with Crippen LogP contribution in [0.1, 0.15) is 29.6 Å². The molecule has 1 aliphatic rings. The number of pyridine rings is 1. The predicted octanol–water partition coefficient (Wildman–Crippen LogP) is 6.76. The highest BCUT2D eigenvalue weighted by atomic mass is 35.5. The van der Waals surface area contributed by atoms with E-state index in [4.69, 9.17) is 39.8 Å². The van der Waals surface area contributed by atoms with Crippen LogP contribution in [0.3, 0.4) is 0 Å². The molecule has 5 rings (SSSR count). The maximum atomic E-state index is 13.2. The van der Waals surface area contributed by atoms with E-state index < -0.39 is 0 Å². The van der Waals surface area contributed by atoms with Gasteiger partial charge in [-0.05, 0) is 49.2 Å². The van der Waals surface area contributed by atoms with Crippen LogP contribution in [0.2, 0.25) is 15.2 Å². The summed E-state index contributed by atoms with van der Waals surface area (Å²) in [4.78, 5) is 18.1. The molecule has 2 aromatic heterocycles. The molecule has 0 radical (unpaired) electrons. The maximum absolute atomic E-state index is 13.2. The van der Waals surface area contributed by atoms with E-state index in [2.05, 4.69) is 5.43 Å². The smallest absolute Gasteiger partial charge is 0.269 e. The number of piperidine rings is 1. The fourth-order valence-electron chi connectivity index (χ4n) is 4.18. The Morgan fingerprint density at radius 3 is 2.03 bits per heavy atom. The number of hydrogen-bond acceptors (Lipinski definition) is 3. The third kappa shape index (κ3) is 4.46. The summed E-state index contributed by atoms with van der Waals surface area (Å²) in [5, 5.41) is 3.70. The van der Waals surface area contributed by atoms with Crippen LogP contribution in [-0.2, 0) is 0 Å². The highest BCUT2D eigenvalue weighted by molar-refractivity contribution is 6.31. The van der Waals surface area contributed by atoms with Gasteiger partial charge in [-0.1, -0.05) is 65.5 Å². The zero-order chi connectivity index (χ0) is 22.9. The van der Waals surface area contributed by atoms with Crippen molar-refractivity contribution in [2.75, 3.05) is 13.1 Å². The van der Waals surface area contributed by atoms with Crippen molar-refractivity contribution in [3.63, 3.8) is 0 Å². The Kier molecular flexibility index (Phi) is 6.30. The largest absolute Gasteiger partial charge is 0.285 e. The highest BCUT2D eigenvalue weighted by Crippen LogP contribution is 2.36. The van der Waals surface area contributed by atoms with Gasteiger partial charge in [0.1, 0.15) is 5.15 Å². The lowest BCUT2D eigenvalue weighted by Crippen LogP contribution is -2.45. The number of benzene rings is 2. The Balaban J connectivity index is 1.69. The minimum atomic E-state index is -0.200. The number of aromatic nitrogens is 2. The van der Waals surface area contributed by atoms with Crippen LogP contribution in [-0.4, -0.2) is 33.4 Å². The van der Waals surface area contributed by atoms with Crippen molar-refractivity contribution in [1.82, 2.24) is 19.8 Å². The van der Waals surface area contributed by atoms with Gasteiger partial charge < -0.3 is 0 Å². The normalized spacial score (nSPS) is 14.5. The van der Waals surface area contributed by atoms with Gasteiger partial charge in [-0.15, -0.1) is 0 Å². The molecule has 0 unspecified atom stereocenters. The Morgan fingerprint density at radius 2 is 1.39 bits per heavy atom. The molecule has 8 heteroatoms.